The highest BCUT2D eigenvalue weighted by Crippen LogP contribution is 2.15. The van der Waals surface area contributed by atoms with Crippen LogP contribution in [-0.4, -0.2) is 43.2 Å². The lowest BCUT2D eigenvalue weighted by Gasteiger charge is -2.32. The molecule has 112 valence electrons. The molecule has 0 aromatic heterocycles. The van der Waals surface area contributed by atoms with Crippen molar-refractivity contribution in [2.75, 3.05) is 26.2 Å². The standard InChI is InChI=1S/C17H22N2O2/c1-3-16-12-19(9-10-21-16)17(20)15-7-6-13(2)14(11-15)5-4-8-18/h6-7,11,16H,3,8-10,12,18H2,1-2H3. The van der Waals surface area contributed by atoms with Crippen molar-refractivity contribution >= 4 is 5.91 Å². The molecule has 2 N–H and O–H groups in total. The second kappa shape index (κ2) is 7.26. The Morgan fingerprint density at radius 3 is 3.05 bits per heavy atom. The molecule has 1 saturated heterocycles. The second-order valence-electron chi connectivity index (χ2n) is 5.19. The predicted molar refractivity (Wildman–Crippen MR) is 83.0 cm³/mol. The summed E-state index contributed by atoms with van der Waals surface area (Å²) in [6.07, 6.45) is 1.06. The van der Waals surface area contributed by atoms with Gasteiger partial charge in [-0.1, -0.05) is 24.8 Å². The number of carbonyl (C=O) groups is 1. The topological polar surface area (TPSA) is 55.6 Å². The van der Waals surface area contributed by atoms with Crippen molar-refractivity contribution in [2.24, 2.45) is 5.73 Å². The summed E-state index contributed by atoms with van der Waals surface area (Å²) >= 11 is 0. The minimum absolute atomic E-state index is 0.0487. The Labute approximate surface area is 126 Å². The number of ether oxygens (including phenoxy) is 1. The lowest BCUT2D eigenvalue weighted by atomic mass is 10.0. The molecule has 1 unspecified atom stereocenters. The van der Waals surface area contributed by atoms with Crippen molar-refractivity contribution in [3.05, 3.63) is 34.9 Å². The van der Waals surface area contributed by atoms with Gasteiger partial charge in [-0.2, -0.15) is 0 Å². The van der Waals surface area contributed by atoms with Crippen LogP contribution in [0.1, 0.15) is 34.8 Å². The van der Waals surface area contributed by atoms with Crippen molar-refractivity contribution < 1.29 is 9.53 Å². The molecular weight excluding hydrogens is 264 g/mol. The fraction of sp³-hybridized carbons (Fsp3) is 0.471. The van der Waals surface area contributed by atoms with Gasteiger partial charge in [0.2, 0.25) is 0 Å². The second-order valence-corrected chi connectivity index (χ2v) is 5.19. The molecule has 0 aliphatic carbocycles. The van der Waals surface area contributed by atoms with Crippen molar-refractivity contribution in [1.82, 2.24) is 4.90 Å². The van der Waals surface area contributed by atoms with E-state index in [4.69, 9.17) is 10.5 Å². The van der Waals surface area contributed by atoms with Crippen LogP contribution >= 0.6 is 0 Å². The molecule has 1 aliphatic heterocycles. The van der Waals surface area contributed by atoms with Gasteiger partial charge in [-0.15, -0.1) is 0 Å². The number of hydrogen-bond acceptors (Lipinski definition) is 3. The molecule has 1 aliphatic rings. The maximum Gasteiger partial charge on any atom is 0.254 e. The molecule has 1 atom stereocenters. The number of nitrogens with zero attached hydrogens (tertiary/aromatic N) is 1. The van der Waals surface area contributed by atoms with Gasteiger partial charge >= 0.3 is 0 Å². The smallest absolute Gasteiger partial charge is 0.254 e. The summed E-state index contributed by atoms with van der Waals surface area (Å²) in [5.74, 6) is 5.91. The molecule has 1 aromatic rings. The Bertz CT molecular complexity index is 572. The summed E-state index contributed by atoms with van der Waals surface area (Å²) in [7, 11) is 0. The highest BCUT2D eigenvalue weighted by molar-refractivity contribution is 5.94. The third-order valence-corrected chi connectivity index (χ3v) is 3.69. The van der Waals surface area contributed by atoms with Crippen molar-refractivity contribution in [3.63, 3.8) is 0 Å². The Balaban J connectivity index is 2.19. The lowest BCUT2D eigenvalue weighted by molar-refractivity contribution is -0.0226. The van der Waals surface area contributed by atoms with Crippen LogP contribution in [0.5, 0.6) is 0 Å². The minimum atomic E-state index is 0.0487. The maximum absolute atomic E-state index is 12.6. The number of benzene rings is 1. The average Bonchev–Trinajstić information content (AvgIpc) is 2.53. The highest BCUT2D eigenvalue weighted by Gasteiger charge is 2.24. The number of nitrogens with two attached hydrogens (primary N) is 1. The summed E-state index contributed by atoms with van der Waals surface area (Å²) in [6.45, 7) is 6.29. The van der Waals surface area contributed by atoms with Crippen LogP contribution in [0.25, 0.3) is 0 Å². The number of hydrogen-bond donors (Lipinski definition) is 1. The van der Waals surface area contributed by atoms with Gasteiger partial charge in [0.25, 0.3) is 5.91 Å². The van der Waals surface area contributed by atoms with Crippen LogP contribution in [0.3, 0.4) is 0 Å². The predicted octanol–water partition coefficient (Wildman–Crippen LogP) is 1.56. The number of amides is 1. The van der Waals surface area contributed by atoms with E-state index in [9.17, 15) is 4.79 Å². The summed E-state index contributed by atoms with van der Waals surface area (Å²) in [5, 5.41) is 0. The van der Waals surface area contributed by atoms with Gasteiger partial charge in [0.1, 0.15) is 0 Å². The molecule has 0 bridgehead atoms. The molecule has 0 spiro atoms. The van der Waals surface area contributed by atoms with Gasteiger partial charge in [0, 0.05) is 24.2 Å². The average molecular weight is 286 g/mol. The van der Waals surface area contributed by atoms with Crippen LogP contribution in [-0.2, 0) is 4.74 Å². The monoisotopic (exact) mass is 286 g/mol. The lowest BCUT2D eigenvalue weighted by Crippen LogP contribution is -2.45. The molecule has 1 heterocycles. The highest BCUT2D eigenvalue weighted by atomic mass is 16.5. The van der Waals surface area contributed by atoms with Gasteiger partial charge in [-0.3, -0.25) is 4.79 Å². The van der Waals surface area contributed by atoms with E-state index >= 15 is 0 Å². The zero-order valence-electron chi connectivity index (χ0n) is 12.7. The molecule has 1 fully saturated rings. The SMILES string of the molecule is CCC1CN(C(=O)c2ccc(C)c(C#CCN)c2)CCO1. The Kier molecular flexibility index (Phi) is 5.38. The summed E-state index contributed by atoms with van der Waals surface area (Å²) in [5.41, 5.74) is 8.01. The summed E-state index contributed by atoms with van der Waals surface area (Å²) < 4.78 is 5.61. The number of carbonyl (C=O) groups excluding carboxylic acids is 1. The minimum Gasteiger partial charge on any atom is -0.375 e. The number of morpholine rings is 1. The molecule has 21 heavy (non-hydrogen) atoms. The van der Waals surface area contributed by atoms with Crippen molar-refractivity contribution in [3.8, 4) is 11.8 Å². The van der Waals surface area contributed by atoms with E-state index < -0.39 is 0 Å². The largest absolute Gasteiger partial charge is 0.375 e. The van der Waals surface area contributed by atoms with Crippen LogP contribution in [0.15, 0.2) is 18.2 Å². The third-order valence-electron chi connectivity index (χ3n) is 3.69. The molecule has 4 heteroatoms. The first-order valence-electron chi connectivity index (χ1n) is 7.36. The van der Waals surface area contributed by atoms with Crippen molar-refractivity contribution in [1.29, 1.82) is 0 Å². The fourth-order valence-corrected chi connectivity index (χ4v) is 2.37. The quantitative estimate of drug-likeness (QED) is 0.839. The Morgan fingerprint density at radius 2 is 2.33 bits per heavy atom. The van der Waals surface area contributed by atoms with Gasteiger partial charge in [0.05, 0.1) is 19.3 Å². The zero-order valence-corrected chi connectivity index (χ0v) is 12.7. The van der Waals surface area contributed by atoms with Gasteiger partial charge in [0.15, 0.2) is 0 Å². The number of rotatable bonds is 2. The third kappa shape index (κ3) is 3.84. The molecule has 0 saturated carbocycles. The van der Waals surface area contributed by atoms with Gasteiger partial charge in [-0.05, 0) is 31.0 Å². The summed E-state index contributed by atoms with van der Waals surface area (Å²) in [6, 6.07) is 5.66. The molecule has 1 aromatic carbocycles. The van der Waals surface area contributed by atoms with E-state index in [0.29, 0.717) is 31.8 Å². The van der Waals surface area contributed by atoms with E-state index in [1.807, 2.05) is 30.0 Å². The van der Waals surface area contributed by atoms with Crippen LogP contribution < -0.4 is 5.73 Å². The fourth-order valence-electron chi connectivity index (χ4n) is 2.37. The first-order chi connectivity index (χ1) is 10.2. The molecular formula is C17H22N2O2. The van der Waals surface area contributed by atoms with Gasteiger partial charge < -0.3 is 15.4 Å². The van der Waals surface area contributed by atoms with Crippen LogP contribution in [0.2, 0.25) is 0 Å². The first kappa shape index (κ1) is 15.6. The molecule has 0 radical (unpaired) electrons. The van der Waals surface area contributed by atoms with E-state index in [0.717, 1.165) is 17.5 Å². The van der Waals surface area contributed by atoms with Crippen LogP contribution in [0, 0.1) is 18.8 Å². The molecule has 4 nitrogen and oxygen atoms in total. The molecule has 1 amide bonds. The number of aryl methyl sites for hydroxylation is 1. The Morgan fingerprint density at radius 1 is 1.52 bits per heavy atom. The Hall–Kier alpha value is -1.83. The van der Waals surface area contributed by atoms with Crippen LogP contribution in [0.4, 0.5) is 0 Å². The van der Waals surface area contributed by atoms with Crippen molar-refractivity contribution in [2.45, 2.75) is 26.4 Å². The van der Waals surface area contributed by atoms with E-state index in [-0.39, 0.29) is 12.0 Å². The summed E-state index contributed by atoms with van der Waals surface area (Å²) in [4.78, 5) is 14.5. The maximum atomic E-state index is 12.6. The molecule has 2 rings (SSSR count). The zero-order chi connectivity index (χ0) is 15.2. The normalized spacial score (nSPS) is 18.0. The van der Waals surface area contributed by atoms with Gasteiger partial charge in [-0.25, -0.2) is 0 Å². The van der Waals surface area contributed by atoms with E-state index in [1.165, 1.54) is 0 Å². The van der Waals surface area contributed by atoms with E-state index in [1.54, 1.807) is 0 Å². The first-order valence-corrected chi connectivity index (χ1v) is 7.36. The van der Waals surface area contributed by atoms with E-state index in [2.05, 4.69) is 18.8 Å².